The minimum Gasteiger partial charge on any atom is -0.463 e. The maximum atomic E-state index is 14.7. The molecule has 10 nitrogen and oxygen atoms in total. The van der Waals surface area contributed by atoms with Gasteiger partial charge in [-0.15, -0.1) is 13.2 Å². The molecule has 47 heavy (non-hydrogen) atoms. The summed E-state index contributed by atoms with van der Waals surface area (Å²) in [5, 5.41) is 13.7. The number of ether oxygens (including phenoxy) is 2. The number of aliphatic hydroxyl groups excluding tert-OH is 1. The van der Waals surface area contributed by atoms with Crippen LogP contribution in [0.15, 0.2) is 55.6 Å². The predicted molar refractivity (Wildman–Crippen MR) is 182 cm³/mol. The van der Waals surface area contributed by atoms with Gasteiger partial charge in [-0.25, -0.2) is 0 Å². The molecule has 0 saturated carbocycles. The minimum absolute atomic E-state index is 0.0955. The van der Waals surface area contributed by atoms with E-state index in [4.69, 9.17) is 9.47 Å². The number of nitrogens with one attached hydrogen (secondary N) is 1. The Kier molecular flexibility index (Phi) is 11.8. The summed E-state index contributed by atoms with van der Waals surface area (Å²) in [6.07, 6.45) is 4.08. The van der Waals surface area contributed by atoms with E-state index in [1.807, 2.05) is 65.0 Å². The second-order valence-corrected chi connectivity index (χ2v) is 15.4. The van der Waals surface area contributed by atoms with Crippen molar-refractivity contribution in [1.29, 1.82) is 0 Å². The molecule has 0 aliphatic carbocycles. The Balaban J connectivity index is 1.73. The van der Waals surface area contributed by atoms with Gasteiger partial charge < -0.3 is 29.7 Å². The molecule has 3 aliphatic rings. The van der Waals surface area contributed by atoms with Crippen LogP contribution in [0.25, 0.3) is 0 Å². The van der Waals surface area contributed by atoms with Crippen molar-refractivity contribution in [2.24, 2.45) is 17.8 Å². The van der Waals surface area contributed by atoms with Crippen LogP contribution in [-0.2, 0) is 28.7 Å². The minimum atomic E-state index is -1.29. The van der Waals surface area contributed by atoms with E-state index in [0.717, 1.165) is 5.56 Å². The van der Waals surface area contributed by atoms with Gasteiger partial charge in [0, 0.05) is 23.3 Å². The molecule has 1 spiro atoms. The Labute approximate surface area is 287 Å². The second-order valence-electron chi connectivity index (χ2n) is 14.3. The van der Waals surface area contributed by atoms with Crippen molar-refractivity contribution in [1.82, 2.24) is 15.1 Å². The lowest BCUT2D eigenvalue weighted by Gasteiger charge is -2.43. The van der Waals surface area contributed by atoms with Crippen molar-refractivity contribution in [3.63, 3.8) is 0 Å². The molecule has 11 heteroatoms. The van der Waals surface area contributed by atoms with Crippen LogP contribution in [0.2, 0.25) is 0 Å². The topological polar surface area (TPSA) is 125 Å². The maximum absolute atomic E-state index is 14.7. The second kappa shape index (κ2) is 15.0. The summed E-state index contributed by atoms with van der Waals surface area (Å²) in [5.41, 5.74) is -1.15. The van der Waals surface area contributed by atoms with E-state index in [-0.39, 0.29) is 48.7 Å². The zero-order valence-corrected chi connectivity index (χ0v) is 29.8. The highest BCUT2D eigenvalue weighted by atomic mass is 79.9. The van der Waals surface area contributed by atoms with Crippen LogP contribution < -0.4 is 5.32 Å². The maximum Gasteiger partial charge on any atom is 0.306 e. The lowest BCUT2D eigenvalue weighted by molar-refractivity contribution is -0.154. The Bertz CT molecular complexity index is 1330. The van der Waals surface area contributed by atoms with Crippen molar-refractivity contribution < 1.29 is 33.8 Å². The zero-order valence-electron chi connectivity index (χ0n) is 28.2. The SMILES string of the molecule is C=CCCC(=O)OC[C@@H](NC(=O)[C@@H]1[C@H]2O[C@@]3(CC2Br)[C@H](C(=O)N(CC=C)C(C)(C)C)N([C@@H](CO)CC(C)C)C(=O)[C@@H]13)c1ccccc1. The highest BCUT2D eigenvalue weighted by molar-refractivity contribution is 9.09. The Morgan fingerprint density at radius 3 is 2.47 bits per heavy atom. The van der Waals surface area contributed by atoms with E-state index in [1.165, 1.54) is 4.90 Å². The van der Waals surface area contributed by atoms with E-state index in [0.29, 0.717) is 19.3 Å². The summed E-state index contributed by atoms with van der Waals surface area (Å²) in [6, 6.07) is 6.82. The number of rotatable bonds is 15. The monoisotopic (exact) mass is 715 g/mol. The molecule has 3 fully saturated rings. The van der Waals surface area contributed by atoms with Gasteiger partial charge in [0.15, 0.2) is 0 Å². The molecule has 4 rings (SSSR count). The number of hydrogen-bond acceptors (Lipinski definition) is 7. The molecular weight excluding hydrogens is 666 g/mol. The van der Waals surface area contributed by atoms with Crippen LogP contribution in [0.1, 0.15) is 71.9 Å². The molecular formula is C36H50BrN3O7. The molecule has 0 aromatic heterocycles. The van der Waals surface area contributed by atoms with E-state index in [2.05, 4.69) is 34.4 Å². The summed E-state index contributed by atoms with van der Waals surface area (Å²) in [5.74, 6) is -3.25. The number of amides is 3. The van der Waals surface area contributed by atoms with Gasteiger partial charge >= 0.3 is 5.97 Å². The number of allylic oxidation sites excluding steroid dienone is 1. The first-order valence-corrected chi connectivity index (χ1v) is 17.4. The third kappa shape index (κ3) is 7.37. The first-order valence-electron chi connectivity index (χ1n) is 16.5. The molecule has 2 N–H and O–H groups in total. The Morgan fingerprint density at radius 1 is 1.21 bits per heavy atom. The summed E-state index contributed by atoms with van der Waals surface area (Å²) in [4.78, 5) is 59.0. The van der Waals surface area contributed by atoms with Gasteiger partial charge in [0.1, 0.15) is 18.2 Å². The molecule has 3 amide bonds. The third-order valence-corrected chi connectivity index (χ3v) is 10.3. The van der Waals surface area contributed by atoms with Gasteiger partial charge in [0.05, 0.1) is 36.6 Å². The van der Waals surface area contributed by atoms with Crippen molar-refractivity contribution in [2.45, 2.75) is 100 Å². The molecule has 1 aromatic rings. The number of aliphatic hydroxyl groups is 1. The van der Waals surface area contributed by atoms with Gasteiger partial charge in [-0.3, -0.25) is 19.2 Å². The molecule has 1 unspecified atom stereocenters. The first-order chi connectivity index (χ1) is 22.2. The van der Waals surface area contributed by atoms with Crippen LogP contribution in [0.3, 0.4) is 0 Å². The van der Waals surface area contributed by atoms with E-state index >= 15 is 0 Å². The number of carbonyl (C=O) groups is 4. The van der Waals surface area contributed by atoms with Crippen LogP contribution in [0.5, 0.6) is 0 Å². The molecule has 8 atom stereocenters. The number of hydrogen-bond donors (Lipinski definition) is 2. The number of esters is 1. The zero-order chi connectivity index (χ0) is 34.7. The van der Waals surface area contributed by atoms with Gasteiger partial charge in [0.25, 0.3) is 0 Å². The lowest BCUT2D eigenvalue weighted by atomic mass is 9.70. The largest absolute Gasteiger partial charge is 0.463 e. The Morgan fingerprint density at radius 2 is 1.89 bits per heavy atom. The lowest BCUT2D eigenvalue weighted by Crippen LogP contribution is -2.62. The fourth-order valence-electron chi connectivity index (χ4n) is 7.47. The quantitative estimate of drug-likeness (QED) is 0.157. The normalized spacial score (nSPS) is 27.7. The van der Waals surface area contributed by atoms with Crippen LogP contribution in [-0.4, -0.2) is 92.5 Å². The molecule has 258 valence electrons. The summed E-state index contributed by atoms with van der Waals surface area (Å²) < 4.78 is 12.3. The van der Waals surface area contributed by atoms with Crippen molar-refractivity contribution in [3.05, 3.63) is 61.2 Å². The van der Waals surface area contributed by atoms with Crippen molar-refractivity contribution in [2.75, 3.05) is 19.8 Å². The molecule has 1 aromatic carbocycles. The molecule has 3 aliphatic heterocycles. The average molecular weight is 717 g/mol. The number of likely N-dealkylation sites (tertiary alicyclic amines) is 1. The van der Waals surface area contributed by atoms with Gasteiger partial charge in [-0.1, -0.05) is 72.3 Å². The van der Waals surface area contributed by atoms with E-state index < -0.39 is 59.1 Å². The standard InChI is InChI=1S/C36H50BrN3O7/c1-8-10-16-27(42)46-21-26(23-14-12-11-13-15-23)38-32(43)28-29-33(44)40(24(20-41)18-22(3)4)31(36(29)19-25(37)30(28)47-36)34(45)39(17-9-2)35(5,6)7/h8-9,11-15,22,24-26,28-31,41H,1-2,10,16-21H2,3-7H3,(H,38,43)/t24-,25?,26-,28+,29-,30+,31+,36-/m1/s1. The molecule has 3 saturated heterocycles. The predicted octanol–water partition coefficient (Wildman–Crippen LogP) is 4.32. The number of benzene rings is 1. The number of alkyl halides is 1. The highest BCUT2D eigenvalue weighted by Gasteiger charge is 2.77. The molecule has 0 radical (unpaired) electrons. The highest BCUT2D eigenvalue weighted by Crippen LogP contribution is 2.61. The molecule has 3 heterocycles. The van der Waals surface area contributed by atoms with E-state index in [9.17, 15) is 24.3 Å². The number of halogens is 1. The van der Waals surface area contributed by atoms with Gasteiger partial charge in [-0.05, 0) is 51.5 Å². The van der Waals surface area contributed by atoms with Crippen LogP contribution in [0, 0.1) is 17.8 Å². The van der Waals surface area contributed by atoms with Gasteiger partial charge in [-0.2, -0.15) is 0 Å². The average Bonchev–Trinajstić information content (AvgIpc) is 3.62. The Hall–Kier alpha value is -3.02. The summed E-state index contributed by atoms with van der Waals surface area (Å²) in [6.45, 7) is 17.1. The summed E-state index contributed by atoms with van der Waals surface area (Å²) >= 11 is 3.74. The van der Waals surface area contributed by atoms with Crippen LogP contribution in [0.4, 0.5) is 0 Å². The smallest absolute Gasteiger partial charge is 0.306 e. The van der Waals surface area contributed by atoms with Crippen molar-refractivity contribution >= 4 is 39.6 Å². The van der Waals surface area contributed by atoms with Crippen molar-refractivity contribution in [3.8, 4) is 0 Å². The number of nitrogens with zero attached hydrogens (tertiary/aromatic N) is 2. The first kappa shape index (κ1) is 36.8. The van der Waals surface area contributed by atoms with E-state index in [1.54, 1.807) is 17.1 Å². The van der Waals surface area contributed by atoms with Gasteiger partial charge in [0.2, 0.25) is 17.7 Å². The molecule has 2 bridgehead atoms. The fraction of sp³-hybridized carbons (Fsp3) is 0.611. The number of carbonyl (C=O) groups excluding carboxylic acids is 4. The third-order valence-electron chi connectivity index (χ3n) is 9.48. The van der Waals surface area contributed by atoms with Crippen LogP contribution >= 0.6 is 15.9 Å². The fourth-order valence-corrected chi connectivity index (χ4v) is 8.42. The number of fused-ring (bicyclic) bond motifs is 1. The summed E-state index contributed by atoms with van der Waals surface area (Å²) in [7, 11) is 0.